The Hall–Kier alpha value is -4.26. The summed E-state index contributed by atoms with van der Waals surface area (Å²) in [6.45, 7) is 5.40. The minimum Gasteiger partial charge on any atom is -0.493 e. The Morgan fingerprint density at radius 1 is 1.00 bits per heavy atom. The molecule has 1 saturated heterocycles. The number of fused-ring (bicyclic) bond motifs is 5. The fourth-order valence-electron chi connectivity index (χ4n) is 6.14. The summed E-state index contributed by atoms with van der Waals surface area (Å²) in [5, 5.41) is 1.06. The Morgan fingerprint density at radius 3 is 2.54 bits per heavy atom. The molecule has 0 spiro atoms. The number of methoxy groups -OCH3 is 1. The van der Waals surface area contributed by atoms with Gasteiger partial charge in [0.15, 0.2) is 17.0 Å². The first kappa shape index (κ1) is 25.0. The molecule has 1 aromatic heterocycles. The van der Waals surface area contributed by atoms with Gasteiger partial charge in [0.05, 0.1) is 19.4 Å². The van der Waals surface area contributed by atoms with Crippen molar-refractivity contribution in [2.24, 2.45) is 0 Å². The van der Waals surface area contributed by atoms with Gasteiger partial charge in [-0.3, -0.25) is 9.59 Å². The van der Waals surface area contributed by atoms with Crippen molar-refractivity contribution in [3.05, 3.63) is 95.2 Å². The van der Waals surface area contributed by atoms with E-state index in [1.165, 1.54) is 0 Å². The second kappa shape index (κ2) is 9.80. The molecule has 39 heavy (non-hydrogen) atoms. The number of rotatable bonds is 7. The van der Waals surface area contributed by atoms with Crippen LogP contribution in [0.2, 0.25) is 0 Å². The highest BCUT2D eigenvalue weighted by Gasteiger charge is 2.56. The molecular formula is C32H33N3O4. The Labute approximate surface area is 228 Å². The molecule has 200 valence electrons. The van der Waals surface area contributed by atoms with E-state index >= 15 is 0 Å². The number of amides is 2. The monoisotopic (exact) mass is 523 g/mol. The van der Waals surface area contributed by atoms with Gasteiger partial charge in [0.1, 0.15) is 6.54 Å². The molecule has 2 amide bonds. The van der Waals surface area contributed by atoms with Crippen molar-refractivity contribution in [1.82, 2.24) is 14.8 Å². The number of para-hydroxylation sites is 1. The van der Waals surface area contributed by atoms with Crippen LogP contribution in [-0.4, -0.2) is 53.4 Å². The first-order valence-corrected chi connectivity index (χ1v) is 13.5. The van der Waals surface area contributed by atoms with Crippen molar-refractivity contribution in [2.45, 2.75) is 38.3 Å². The Balaban J connectivity index is 1.47. The van der Waals surface area contributed by atoms with Crippen molar-refractivity contribution in [3.8, 4) is 11.5 Å². The predicted octanol–water partition coefficient (Wildman–Crippen LogP) is 5.20. The first-order valence-electron chi connectivity index (χ1n) is 13.5. The number of nitrogens with one attached hydrogen (secondary N) is 1. The molecule has 0 unspecified atom stereocenters. The van der Waals surface area contributed by atoms with Crippen molar-refractivity contribution in [2.75, 3.05) is 26.8 Å². The summed E-state index contributed by atoms with van der Waals surface area (Å²) in [5.41, 5.74) is 3.65. The third-order valence-corrected chi connectivity index (χ3v) is 8.09. The number of aromatic amines is 1. The largest absolute Gasteiger partial charge is 0.493 e. The third kappa shape index (κ3) is 4.04. The summed E-state index contributed by atoms with van der Waals surface area (Å²) >= 11 is 0. The zero-order valence-electron chi connectivity index (χ0n) is 22.6. The second-order valence-electron chi connectivity index (χ2n) is 10.5. The highest BCUT2D eigenvalue weighted by atomic mass is 16.5. The molecular weight excluding hydrogens is 490 g/mol. The van der Waals surface area contributed by atoms with Gasteiger partial charge < -0.3 is 24.3 Å². The molecule has 7 nitrogen and oxygen atoms in total. The fraction of sp³-hybridized carbons (Fsp3) is 0.312. The SMILES string of the molecule is CCCOc1ccc([C@@H]2CN3C(=O)CN(Cc4ccccc4)C(=O)[C@]3(C)c3[nH]c4ccccc4c32)cc1OC. The number of H-pyrrole nitrogens is 1. The smallest absolute Gasteiger partial charge is 0.255 e. The average molecular weight is 524 g/mol. The molecule has 7 heteroatoms. The minimum atomic E-state index is -1.14. The van der Waals surface area contributed by atoms with E-state index in [1.807, 2.05) is 73.7 Å². The quantitative estimate of drug-likeness (QED) is 0.362. The average Bonchev–Trinajstić information content (AvgIpc) is 3.36. The van der Waals surface area contributed by atoms with E-state index in [0.717, 1.165) is 39.7 Å². The maximum Gasteiger partial charge on any atom is 0.255 e. The first-order chi connectivity index (χ1) is 19.0. The highest BCUT2D eigenvalue weighted by Crippen LogP contribution is 2.49. The van der Waals surface area contributed by atoms with Gasteiger partial charge in [-0.2, -0.15) is 0 Å². The van der Waals surface area contributed by atoms with Crippen LogP contribution in [0.25, 0.3) is 10.9 Å². The molecule has 1 fully saturated rings. The number of piperazine rings is 1. The number of nitrogens with zero attached hydrogens (tertiary/aromatic N) is 2. The number of carbonyl (C=O) groups excluding carboxylic acids is 2. The molecule has 4 aromatic rings. The van der Waals surface area contributed by atoms with Crippen LogP contribution in [0.15, 0.2) is 72.8 Å². The van der Waals surface area contributed by atoms with Crippen LogP contribution in [0.3, 0.4) is 0 Å². The maximum atomic E-state index is 14.2. The molecule has 1 N–H and O–H groups in total. The van der Waals surface area contributed by atoms with E-state index in [-0.39, 0.29) is 24.3 Å². The molecule has 3 aromatic carbocycles. The zero-order valence-corrected chi connectivity index (χ0v) is 22.6. The lowest BCUT2D eigenvalue weighted by molar-refractivity contribution is -0.166. The molecule has 0 aliphatic carbocycles. The molecule has 2 aliphatic heterocycles. The van der Waals surface area contributed by atoms with E-state index in [9.17, 15) is 9.59 Å². The van der Waals surface area contributed by atoms with Crippen molar-refractivity contribution < 1.29 is 19.1 Å². The van der Waals surface area contributed by atoms with Crippen LogP contribution in [0.1, 0.15) is 48.6 Å². The molecule has 3 heterocycles. The molecule has 2 atom stereocenters. The van der Waals surface area contributed by atoms with E-state index in [0.29, 0.717) is 31.2 Å². The van der Waals surface area contributed by atoms with Gasteiger partial charge >= 0.3 is 0 Å². The van der Waals surface area contributed by atoms with E-state index < -0.39 is 5.54 Å². The number of benzene rings is 3. The lowest BCUT2D eigenvalue weighted by atomic mass is 9.76. The summed E-state index contributed by atoms with van der Waals surface area (Å²) in [5.74, 6) is 1.08. The summed E-state index contributed by atoms with van der Waals surface area (Å²) < 4.78 is 11.6. The van der Waals surface area contributed by atoms with Crippen LogP contribution in [0.4, 0.5) is 0 Å². The number of ether oxygens (including phenoxy) is 2. The number of hydrogen-bond acceptors (Lipinski definition) is 4. The van der Waals surface area contributed by atoms with Crippen LogP contribution in [0.5, 0.6) is 11.5 Å². The van der Waals surface area contributed by atoms with Crippen molar-refractivity contribution in [3.63, 3.8) is 0 Å². The summed E-state index contributed by atoms with van der Waals surface area (Å²) in [4.78, 5) is 35.0. The maximum absolute atomic E-state index is 14.2. The Kier molecular flexibility index (Phi) is 6.29. The second-order valence-corrected chi connectivity index (χ2v) is 10.5. The van der Waals surface area contributed by atoms with Crippen LogP contribution in [-0.2, 0) is 21.7 Å². The summed E-state index contributed by atoms with van der Waals surface area (Å²) in [6, 6.07) is 23.9. The van der Waals surface area contributed by atoms with Gasteiger partial charge in [0.2, 0.25) is 5.91 Å². The van der Waals surface area contributed by atoms with Gasteiger partial charge in [-0.25, -0.2) is 0 Å². The number of aromatic nitrogens is 1. The molecule has 2 aliphatic rings. The van der Waals surface area contributed by atoms with E-state index in [4.69, 9.17) is 9.47 Å². The van der Waals surface area contributed by atoms with Crippen molar-refractivity contribution in [1.29, 1.82) is 0 Å². The molecule has 6 rings (SSSR count). The highest BCUT2D eigenvalue weighted by molar-refractivity contribution is 6.01. The number of carbonyl (C=O) groups is 2. The molecule has 0 radical (unpaired) electrons. The Morgan fingerprint density at radius 2 is 1.77 bits per heavy atom. The standard InChI is InChI=1S/C32H33N3O4/c1-4-16-39-26-15-14-22(17-27(26)38-3)24-19-35-28(36)20-34(18-21-10-6-5-7-11-21)31(37)32(35,2)30-29(24)23-12-8-9-13-25(23)33-30/h5-15,17,24,33H,4,16,18-20H2,1-3H3/t24-,32-/m0/s1. The van der Waals surface area contributed by atoms with Gasteiger partial charge in [-0.1, -0.05) is 61.5 Å². The minimum absolute atomic E-state index is 0.0543. The van der Waals surface area contributed by atoms with Crippen LogP contribution < -0.4 is 9.47 Å². The molecule has 0 bridgehead atoms. The van der Waals surface area contributed by atoms with E-state index in [1.54, 1.807) is 16.9 Å². The summed E-state index contributed by atoms with van der Waals surface area (Å²) in [7, 11) is 1.64. The zero-order chi connectivity index (χ0) is 27.1. The van der Waals surface area contributed by atoms with Crippen LogP contribution >= 0.6 is 0 Å². The van der Waals surface area contributed by atoms with Gasteiger partial charge in [0.25, 0.3) is 5.91 Å². The van der Waals surface area contributed by atoms with Crippen molar-refractivity contribution >= 4 is 22.7 Å². The van der Waals surface area contributed by atoms with Gasteiger partial charge in [0, 0.05) is 29.9 Å². The van der Waals surface area contributed by atoms with Crippen LogP contribution in [0, 0.1) is 0 Å². The fourth-order valence-corrected chi connectivity index (χ4v) is 6.14. The summed E-state index contributed by atoms with van der Waals surface area (Å²) in [6.07, 6.45) is 0.900. The Bertz CT molecular complexity index is 1550. The normalized spacial score (nSPS) is 20.6. The van der Waals surface area contributed by atoms with E-state index in [2.05, 4.69) is 18.0 Å². The van der Waals surface area contributed by atoms with Gasteiger partial charge in [-0.05, 0) is 48.2 Å². The van der Waals surface area contributed by atoms with Gasteiger partial charge in [-0.15, -0.1) is 0 Å². The number of hydrogen-bond donors (Lipinski definition) is 1. The predicted molar refractivity (Wildman–Crippen MR) is 150 cm³/mol. The topological polar surface area (TPSA) is 74.9 Å². The lowest BCUT2D eigenvalue weighted by Crippen LogP contribution is -2.67. The molecule has 0 saturated carbocycles. The lowest BCUT2D eigenvalue weighted by Gasteiger charge is -2.51. The third-order valence-electron chi connectivity index (χ3n) is 8.09.